The van der Waals surface area contributed by atoms with E-state index in [1.807, 2.05) is 36.1 Å². The average molecular weight is 303 g/mol. The van der Waals surface area contributed by atoms with Crippen molar-refractivity contribution in [1.29, 1.82) is 0 Å². The van der Waals surface area contributed by atoms with Crippen LogP contribution >= 0.6 is 0 Å². The number of hydrogen-bond acceptors (Lipinski definition) is 3. The lowest BCUT2D eigenvalue weighted by Gasteiger charge is -2.35. The van der Waals surface area contributed by atoms with Crippen LogP contribution in [0.5, 0.6) is 5.75 Å². The third kappa shape index (κ3) is 3.89. The first-order chi connectivity index (χ1) is 10.7. The molecule has 0 aliphatic carbocycles. The molecule has 0 radical (unpaired) electrons. The number of rotatable bonds is 5. The van der Waals surface area contributed by atoms with E-state index in [0.29, 0.717) is 6.42 Å². The summed E-state index contributed by atoms with van der Waals surface area (Å²) in [5.74, 6) is 0.802. The van der Waals surface area contributed by atoms with Gasteiger partial charge in [0.2, 0.25) is 5.91 Å². The Hall–Kier alpha value is -1.81. The summed E-state index contributed by atoms with van der Waals surface area (Å²) in [6, 6.07) is 7.87. The molecule has 1 heterocycles. The summed E-state index contributed by atoms with van der Waals surface area (Å²) in [5, 5.41) is 9.18. The van der Waals surface area contributed by atoms with E-state index in [9.17, 15) is 9.90 Å². The minimum absolute atomic E-state index is 0.0292. The number of carbonyl (C=O) groups excluding carboxylic acids is 1. The largest absolute Gasteiger partial charge is 0.496 e. The van der Waals surface area contributed by atoms with Gasteiger partial charge in [-0.1, -0.05) is 18.2 Å². The van der Waals surface area contributed by atoms with Crippen LogP contribution in [0.2, 0.25) is 0 Å². The predicted octanol–water partition coefficient (Wildman–Crippen LogP) is 2.86. The fourth-order valence-electron chi connectivity index (χ4n) is 3.06. The number of para-hydroxylation sites is 1. The first-order valence-corrected chi connectivity index (χ1v) is 7.90. The highest BCUT2D eigenvalue weighted by molar-refractivity contribution is 5.95. The van der Waals surface area contributed by atoms with E-state index < -0.39 is 0 Å². The first kappa shape index (κ1) is 16.6. The molecule has 22 heavy (non-hydrogen) atoms. The normalized spacial score (nSPS) is 19.1. The molecule has 0 bridgehead atoms. The van der Waals surface area contributed by atoms with Gasteiger partial charge in [0.1, 0.15) is 5.75 Å². The Balaban J connectivity index is 2.17. The van der Waals surface area contributed by atoms with Crippen LogP contribution < -0.4 is 4.74 Å². The SMILES string of the molecule is COc1ccccc1/C(C)=C/C(=O)N1CCCCC1CCO. The van der Waals surface area contributed by atoms with Crippen molar-refractivity contribution in [3.8, 4) is 5.75 Å². The van der Waals surface area contributed by atoms with Gasteiger partial charge in [0.25, 0.3) is 0 Å². The molecule has 0 spiro atoms. The number of piperidine rings is 1. The van der Waals surface area contributed by atoms with Crippen molar-refractivity contribution in [1.82, 2.24) is 4.90 Å². The van der Waals surface area contributed by atoms with Crippen molar-refractivity contribution >= 4 is 11.5 Å². The molecule has 1 aromatic rings. The zero-order valence-electron chi connectivity index (χ0n) is 13.4. The summed E-state index contributed by atoms with van der Waals surface area (Å²) >= 11 is 0. The number of carbonyl (C=O) groups is 1. The lowest BCUT2D eigenvalue weighted by atomic mass is 9.98. The third-order valence-corrected chi connectivity index (χ3v) is 4.24. The first-order valence-electron chi connectivity index (χ1n) is 7.90. The van der Waals surface area contributed by atoms with E-state index in [1.165, 1.54) is 0 Å². The van der Waals surface area contributed by atoms with Gasteiger partial charge in [-0.3, -0.25) is 4.79 Å². The summed E-state index contributed by atoms with van der Waals surface area (Å²) in [6.45, 7) is 2.84. The molecule has 0 saturated carbocycles. The fraction of sp³-hybridized carbons (Fsp3) is 0.500. The van der Waals surface area contributed by atoms with E-state index in [2.05, 4.69) is 0 Å². The van der Waals surface area contributed by atoms with E-state index in [-0.39, 0.29) is 18.6 Å². The summed E-state index contributed by atoms with van der Waals surface area (Å²) in [5.41, 5.74) is 1.84. The third-order valence-electron chi connectivity index (χ3n) is 4.24. The van der Waals surface area contributed by atoms with Gasteiger partial charge >= 0.3 is 0 Å². The van der Waals surface area contributed by atoms with E-state index >= 15 is 0 Å². The Kier molecular flexibility index (Phi) is 6.01. The number of hydrogen-bond donors (Lipinski definition) is 1. The van der Waals surface area contributed by atoms with E-state index in [1.54, 1.807) is 13.2 Å². The molecular formula is C18H25NO3. The number of benzene rings is 1. The van der Waals surface area contributed by atoms with Gasteiger partial charge in [0.15, 0.2) is 0 Å². The molecule has 4 nitrogen and oxygen atoms in total. The zero-order valence-corrected chi connectivity index (χ0v) is 13.4. The second kappa shape index (κ2) is 7.99. The molecule has 0 aromatic heterocycles. The second-order valence-corrected chi connectivity index (χ2v) is 5.72. The smallest absolute Gasteiger partial charge is 0.247 e. The Labute approximate surface area is 132 Å². The minimum atomic E-state index is 0.0292. The number of methoxy groups -OCH3 is 1. The molecule has 4 heteroatoms. The van der Waals surface area contributed by atoms with Crippen molar-refractivity contribution in [2.75, 3.05) is 20.3 Å². The fourth-order valence-corrected chi connectivity index (χ4v) is 3.06. The molecule has 1 saturated heterocycles. The molecule has 1 amide bonds. The number of aliphatic hydroxyl groups is 1. The average Bonchev–Trinajstić information content (AvgIpc) is 2.55. The Morgan fingerprint density at radius 3 is 2.91 bits per heavy atom. The molecule has 1 N–H and O–H groups in total. The maximum Gasteiger partial charge on any atom is 0.247 e. The molecule has 1 fully saturated rings. The summed E-state index contributed by atoms with van der Waals surface area (Å²) in [6.07, 6.45) is 5.49. The summed E-state index contributed by atoms with van der Waals surface area (Å²) in [4.78, 5) is 14.5. The standard InChI is InChI=1S/C18H25NO3/c1-14(16-8-3-4-9-17(16)22-2)13-18(21)19-11-6-5-7-15(19)10-12-20/h3-4,8-9,13,15,20H,5-7,10-12H2,1-2H3/b14-13+. The Morgan fingerprint density at radius 1 is 1.41 bits per heavy atom. The number of aliphatic hydroxyl groups excluding tert-OH is 1. The van der Waals surface area contributed by atoms with Gasteiger partial charge in [0.05, 0.1) is 7.11 Å². The van der Waals surface area contributed by atoms with Crippen LogP contribution in [0.1, 0.15) is 38.2 Å². The highest BCUT2D eigenvalue weighted by Gasteiger charge is 2.25. The molecule has 1 aliphatic rings. The molecule has 2 rings (SSSR count). The van der Waals surface area contributed by atoms with Gasteiger partial charge < -0.3 is 14.7 Å². The number of likely N-dealkylation sites (tertiary alicyclic amines) is 1. The molecule has 120 valence electrons. The number of nitrogens with zero attached hydrogens (tertiary/aromatic N) is 1. The van der Waals surface area contributed by atoms with Gasteiger partial charge in [0, 0.05) is 30.8 Å². The van der Waals surface area contributed by atoms with E-state index in [0.717, 1.165) is 42.7 Å². The van der Waals surface area contributed by atoms with Crippen LogP contribution in [0, 0.1) is 0 Å². The molecular weight excluding hydrogens is 278 g/mol. The van der Waals surface area contributed by atoms with Crippen molar-refractivity contribution in [3.63, 3.8) is 0 Å². The van der Waals surface area contributed by atoms with Crippen molar-refractivity contribution in [3.05, 3.63) is 35.9 Å². The number of amides is 1. The molecule has 1 aliphatic heterocycles. The van der Waals surface area contributed by atoms with E-state index in [4.69, 9.17) is 4.74 Å². The molecule has 1 unspecified atom stereocenters. The quantitative estimate of drug-likeness (QED) is 0.851. The lowest BCUT2D eigenvalue weighted by Crippen LogP contribution is -2.43. The topological polar surface area (TPSA) is 49.8 Å². The lowest BCUT2D eigenvalue weighted by molar-refractivity contribution is -0.129. The van der Waals surface area contributed by atoms with Crippen LogP contribution in [0.15, 0.2) is 30.3 Å². The van der Waals surface area contributed by atoms with Crippen molar-refractivity contribution in [2.24, 2.45) is 0 Å². The minimum Gasteiger partial charge on any atom is -0.496 e. The zero-order chi connectivity index (χ0) is 15.9. The van der Waals surface area contributed by atoms with Gasteiger partial charge in [-0.05, 0) is 44.2 Å². The Morgan fingerprint density at radius 2 is 2.18 bits per heavy atom. The highest BCUT2D eigenvalue weighted by Crippen LogP contribution is 2.26. The van der Waals surface area contributed by atoms with Gasteiger partial charge in [-0.15, -0.1) is 0 Å². The summed E-state index contributed by atoms with van der Waals surface area (Å²) in [7, 11) is 1.63. The van der Waals surface area contributed by atoms with Gasteiger partial charge in [-0.25, -0.2) is 0 Å². The van der Waals surface area contributed by atoms with Crippen LogP contribution in [0.3, 0.4) is 0 Å². The second-order valence-electron chi connectivity index (χ2n) is 5.72. The van der Waals surface area contributed by atoms with Gasteiger partial charge in [-0.2, -0.15) is 0 Å². The monoisotopic (exact) mass is 303 g/mol. The number of allylic oxidation sites excluding steroid dienone is 1. The molecule has 1 aromatic carbocycles. The van der Waals surface area contributed by atoms with Crippen LogP contribution in [0.25, 0.3) is 5.57 Å². The number of ether oxygens (including phenoxy) is 1. The summed E-state index contributed by atoms with van der Waals surface area (Å²) < 4.78 is 5.35. The van der Waals surface area contributed by atoms with Crippen molar-refractivity contribution in [2.45, 2.75) is 38.6 Å². The van der Waals surface area contributed by atoms with Crippen LogP contribution in [-0.2, 0) is 4.79 Å². The Bertz CT molecular complexity index is 537. The van der Waals surface area contributed by atoms with Crippen LogP contribution in [0.4, 0.5) is 0 Å². The maximum absolute atomic E-state index is 12.6. The van der Waals surface area contributed by atoms with Crippen LogP contribution in [-0.4, -0.2) is 42.2 Å². The maximum atomic E-state index is 12.6. The van der Waals surface area contributed by atoms with Crippen molar-refractivity contribution < 1.29 is 14.6 Å². The highest BCUT2D eigenvalue weighted by atomic mass is 16.5. The predicted molar refractivity (Wildman–Crippen MR) is 87.7 cm³/mol. The molecule has 1 atom stereocenters.